The second kappa shape index (κ2) is 19.6. The first-order valence-electron chi connectivity index (χ1n) is 26.8. The summed E-state index contributed by atoms with van der Waals surface area (Å²) < 4.78 is 4.63. The Hall–Kier alpha value is -11.0. The first kappa shape index (κ1) is 46.4. The van der Waals surface area contributed by atoms with Crippen molar-refractivity contribution < 1.29 is 0 Å². The molecule has 0 aliphatic rings. The maximum absolute atomic E-state index is 5.64. The van der Waals surface area contributed by atoms with Crippen LogP contribution in [0.4, 0.5) is 0 Å². The van der Waals surface area contributed by atoms with Crippen molar-refractivity contribution in [2.24, 2.45) is 0 Å². The smallest absolute Gasteiger partial charge is 0.238 e. The average molecular weight is 1020 g/mol. The minimum Gasteiger partial charge on any atom is -0.307 e. The summed E-state index contributed by atoms with van der Waals surface area (Å²) in [7, 11) is 0. The summed E-state index contributed by atoms with van der Waals surface area (Å²) in [5, 5.41) is 4.46. The highest BCUT2D eigenvalue weighted by molar-refractivity contribution is 6.23. The second-order valence-electron chi connectivity index (χ2n) is 19.9. The summed E-state index contributed by atoms with van der Waals surface area (Å²) in [5.41, 5.74) is 15.9. The quantitative estimate of drug-likeness (QED) is 0.136. The number of para-hydroxylation sites is 3. The predicted molar refractivity (Wildman–Crippen MR) is 325 cm³/mol. The zero-order chi connectivity index (χ0) is 52.9. The van der Waals surface area contributed by atoms with Crippen LogP contribution < -0.4 is 0 Å². The fourth-order valence-corrected chi connectivity index (χ4v) is 11.2. The highest BCUT2D eigenvalue weighted by atomic mass is 15.2. The average Bonchev–Trinajstić information content (AvgIpc) is 4.28. The van der Waals surface area contributed by atoms with Gasteiger partial charge in [-0.15, -0.1) is 0 Å². The van der Waals surface area contributed by atoms with Gasteiger partial charge in [0.1, 0.15) is 0 Å². The molecule has 8 nitrogen and oxygen atoms in total. The molecule has 0 radical (unpaired) electrons. The molecule has 4 heterocycles. The van der Waals surface area contributed by atoms with Crippen LogP contribution in [0.15, 0.2) is 279 Å². The van der Waals surface area contributed by atoms with Gasteiger partial charge in [0.05, 0.1) is 22.1 Å². The SMILES string of the molecule is c1ccc(-c2cccc(-c3cc(-c4ccccc4)cc(-c4nc(-c5cccc(-c6nc(-c7ccccc7)nc(-c7ccccc7)n6)c5)nc(-n5c6ccccc6c6ccc7c8ccccc8n(-c8ccccc8)c7c65)n4)c3)c2)cc1. The van der Waals surface area contributed by atoms with E-state index in [9.17, 15) is 0 Å². The third kappa shape index (κ3) is 8.27. The number of benzene rings is 11. The predicted octanol–water partition coefficient (Wildman–Crippen LogP) is 17.6. The molecule has 0 unspecified atom stereocenters. The van der Waals surface area contributed by atoms with Gasteiger partial charge in [-0.1, -0.05) is 224 Å². The van der Waals surface area contributed by atoms with Crippen LogP contribution in [0.2, 0.25) is 0 Å². The minimum atomic E-state index is 0.481. The highest BCUT2D eigenvalue weighted by Gasteiger charge is 2.24. The fraction of sp³-hybridized carbons (Fsp3) is 0. The third-order valence-electron chi connectivity index (χ3n) is 15.0. The van der Waals surface area contributed by atoms with Gasteiger partial charge in [0.15, 0.2) is 29.1 Å². The molecule has 15 rings (SSSR count). The van der Waals surface area contributed by atoms with Crippen molar-refractivity contribution in [1.29, 1.82) is 0 Å². The van der Waals surface area contributed by atoms with E-state index < -0.39 is 0 Å². The van der Waals surface area contributed by atoms with E-state index in [-0.39, 0.29) is 0 Å². The number of aromatic nitrogens is 8. The summed E-state index contributed by atoms with van der Waals surface area (Å²) in [6.45, 7) is 0. The van der Waals surface area contributed by atoms with E-state index in [2.05, 4.69) is 215 Å². The Kier molecular flexibility index (Phi) is 11.3. The van der Waals surface area contributed by atoms with E-state index in [0.29, 0.717) is 35.1 Å². The monoisotopic (exact) mass is 1020 g/mol. The van der Waals surface area contributed by atoms with Crippen LogP contribution in [0.5, 0.6) is 0 Å². The summed E-state index contributed by atoms with van der Waals surface area (Å²) in [6, 6.07) is 97.2. The fourth-order valence-electron chi connectivity index (χ4n) is 11.2. The zero-order valence-corrected chi connectivity index (χ0v) is 43.1. The lowest BCUT2D eigenvalue weighted by molar-refractivity contribution is 0.953. The molecule has 0 fully saturated rings. The van der Waals surface area contributed by atoms with E-state index in [1.54, 1.807) is 0 Å². The second-order valence-corrected chi connectivity index (χ2v) is 19.9. The maximum atomic E-state index is 5.64. The highest BCUT2D eigenvalue weighted by Crippen LogP contribution is 2.42. The van der Waals surface area contributed by atoms with E-state index >= 15 is 0 Å². The molecule has 0 amide bonds. The summed E-state index contributed by atoms with van der Waals surface area (Å²) in [4.78, 5) is 32.0. The number of hydrogen-bond donors (Lipinski definition) is 0. The van der Waals surface area contributed by atoms with Crippen molar-refractivity contribution in [1.82, 2.24) is 39.0 Å². The van der Waals surface area contributed by atoms with Crippen LogP contribution in [0.25, 0.3) is 146 Å². The van der Waals surface area contributed by atoms with Gasteiger partial charge in [0.2, 0.25) is 5.95 Å². The Morgan fingerprint density at radius 2 is 0.525 bits per heavy atom. The molecule has 0 aliphatic heterocycles. The summed E-state index contributed by atoms with van der Waals surface area (Å²) in [5.74, 6) is 3.19. The van der Waals surface area contributed by atoms with Gasteiger partial charge in [-0.3, -0.25) is 4.57 Å². The van der Waals surface area contributed by atoms with Crippen LogP contribution in [0.3, 0.4) is 0 Å². The Bertz CT molecular complexity index is 4750. The summed E-state index contributed by atoms with van der Waals surface area (Å²) in [6.07, 6.45) is 0. The normalized spacial score (nSPS) is 11.5. The van der Waals surface area contributed by atoms with Gasteiger partial charge in [0, 0.05) is 55.0 Å². The Balaban J connectivity index is 1.01. The van der Waals surface area contributed by atoms with Crippen molar-refractivity contribution in [2.45, 2.75) is 0 Å². The molecule has 8 heteroatoms. The molecule has 0 aliphatic carbocycles. The molecule has 0 saturated heterocycles. The molecule has 4 aromatic heterocycles. The van der Waals surface area contributed by atoms with Crippen LogP contribution in [-0.2, 0) is 0 Å². The lowest BCUT2D eigenvalue weighted by Crippen LogP contribution is -2.07. The van der Waals surface area contributed by atoms with Gasteiger partial charge in [0.25, 0.3) is 0 Å². The zero-order valence-electron chi connectivity index (χ0n) is 43.1. The first-order valence-corrected chi connectivity index (χ1v) is 26.8. The molecule has 15 aromatic rings. The number of hydrogen-bond acceptors (Lipinski definition) is 6. The molecule has 0 bridgehead atoms. The largest absolute Gasteiger partial charge is 0.307 e. The Labute approximate surface area is 461 Å². The van der Waals surface area contributed by atoms with Gasteiger partial charge in [-0.25, -0.2) is 19.9 Å². The van der Waals surface area contributed by atoms with Crippen molar-refractivity contribution in [3.63, 3.8) is 0 Å². The van der Waals surface area contributed by atoms with E-state index in [0.717, 1.165) is 110 Å². The van der Waals surface area contributed by atoms with Crippen LogP contribution in [0, 0.1) is 0 Å². The minimum absolute atomic E-state index is 0.481. The molecule has 0 atom stereocenters. The summed E-state index contributed by atoms with van der Waals surface area (Å²) >= 11 is 0. The number of fused-ring (bicyclic) bond motifs is 7. The third-order valence-corrected chi connectivity index (χ3v) is 15.0. The molecule has 0 N–H and O–H groups in total. The molecular weight excluding hydrogens is 977 g/mol. The maximum Gasteiger partial charge on any atom is 0.238 e. The lowest BCUT2D eigenvalue weighted by atomic mass is 9.94. The molecule has 11 aromatic carbocycles. The Morgan fingerprint density at radius 1 is 0.200 bits per heavy atom. The van der Waals surface area contributed by atoms with Gasteiger partial charge in [-0.05, 0) is 88.0 Å². The van der Waals surface area contributed by atoms with E-state index in [1.807, 2.05) is 72.8 Å². The number of rotatable bonds is 10. The van der Waals surface area contributed by atoms with Gasteiger partial charge < -0.3 is 4.57 Å². The first-order chi connectivity index (χ1) is 39.6. The van der Waals surface area contributed by atoms with E-state index in [4.69, 9.17) is 29.9 Å². The van der Waals surface area contributed by atoms with E-state index in [1.165, 1.54) is 0 Å². The van der Waals surface area contributed by atoms with Gasteiger partial charge in [-0.2, -0.15) is 9.97 Å². The van der Waals surface area contributed by atoms with Crippen molar-refractivity contribution in [3.05, 3.63) is 279 Å². The van der Waals surface area contributed by atoms with Crippen molar-refractivity contribution in [3.8, 4) is 102 Å². The van der Waals surface area contributed by atoms with Crippen LogP contribution >= 0.6 is 0 Å². The molecule has 0 saturated carbocycles. The molecule has 80 heavy (non-hydrogen) atoms. The van der Waals surface area contributed by atoms with Crippen molar-refractivity contribution in [2.75, 3.05) is 0 Å². The standard InChI is InChI=1S/C72H46N8/c1-6-22-47(23-7-1)51-30-20-31-52(42-51)56-44-55(48-24-8-2-9-25-48)45-57(46-56)71-76-70(54-33-21-32-53(43-54)69-74-67(49-26-10-3-11-27-49)73-68(75-69)50-28-12-4-13-29-50)77-72(78-71)80-64-39-19-17-37-60(64)62-41-40-61-59-36-16-18-38-63(59)79(65(61)66(62)80)58-34-14-5-15-35-58/h1-46H. The Morgan fingerprint density at radius 3 is 1.06 bits per heavy atom. The topological polar surface area (TPSA) is 87.2 Å². The van der Waals surface area contributed by atoms with Crippen LogP contribution in [-0.4, -0.2) is 39.0 Å². The molecular formula is C72H46N8. The molecule has 0 spiro atoms. The van der Waals surface area contributed by atoms with Crippen LogP contribution in [0.1, 0.15) is 0 Å². The van der Waals surface area contributed by atoms with Gasteiger partial charge >= 0.3 is 0 Å². The number of nitrogens with zero attached hydrogens (tertiary/aromatic N) is 8. The lowest BCUT2D eigenvalue weighted by Gasteiger charge is -2.15. The van der Waals surface area contributed by atoms with Crippen molar-refractivity contribution >= 4 is 43.6 Å². The molecule has 374 valence electrons.